The standard InChI is InChI=1S/C23H29NO6/c1-26-18-7-6-15(11-19(18)27-2)10-17-8-9-24(23(17)25)14-16-12-20(28-3)22(30-5)21(13-16)29-4/h6-7,11-13,17H,8-10,14H2,1-5H3. The summed E-state index contributed by atoms with van der Waals surface area (Å²) in [5, 5.41) is 0. The lowest BCUT2D eigenvalue weighted by molar-refractivity contribution is -0.131. The quantitative estimate of drug-likeness (QED) is 0.626. The molecule has 0 radical (unpaired) electrons. The van der Waals surface area contributed by atoms with Gasteiger partial charge in [-0.05, 0) is 48.2 Å². The number of amides is 1. The van der Waals surface area contributed by atoms with Crippen LogP contribution in [0.5, 0.6) is 28.7 Å². The molecule has 0 N–H and O–H groups in total. The molecule has 0 saturated carbocycles. The maximum Gasteiger partial charge on any atom is 0.226 e. The van der Waals surface area contributed by atoms with Crippen LogP contribution in [0.4, 0.5) is 0 Å². The number of benzene rings is 2. The lowest BCUT2D eigenvalue weighted by Crippen LogP contribution is -2.27. The van der Waals surface area contributed by atoms with Gasteiger partial charge in [-0.2, -0.15) is 0 Å². The minimum absolute atomic E-state index is 0.0508. The molecule has 0 bridgehead atoms. The molecule has 7 heteroatoms. The van der Waals surface area contributed by atoms with E-state index in [1.54, 1.807) is 35.5 Å². The van der Waals surface area contributed by atoms with Crippen LogP contribution in [0.25, 0.3) is 0 Å². The Morgan fingerprint density at radius 1 is 0.800 bits per heavy atom. The highest BCUT2D eigenvalue weighted by Gasteiger charge is 2.32. The number of carbonyl (C=O) groups excluding carboxylic acids is 1. The number of carbonyl (C=O) groups is 1. The highest BCUT2D eigenvalue weighted by molar-refractivity contribution is 5.81. The topological polar surface area (TPSA) is 66.5 Å². The Morgan fingerprint density at radius 2 is 1.40 bits per heavy atom. The third kappa shape index (κ3) is 4.40. The van der Waals surface area contributed by atoms with Gasteiger partial charge in [0.1, 0.15) is 0 Å². The van der Waals surface area contributed by atoms with E-state index < -0.39 is 0 Å². The van der Waals surface area contributed by atoms with Crippen molar-refractivity contribution in [2.45, 2.75) is 19.4 Å². The third-order valence-electron chi connectivity index (χ3n) is 5.44. The van der Waals surface area contributed by atoms with Gasteiger partial charge in [-0.25, -0.2) is 0 Å². The fraction of sp³-hybridized carbons (Fsp3) is 0.435. The van der Waals surface area contributed by atoms with Crippen LogP contribution in [0.1, 0.15) is 17.5 Å². The molecule has 1 atom stereocenters. The molecule has 2 aromatic carbocycles. The molecule has 1 saturated heterocycles. The zero-order valence-corrected chi connectivity index (χ0v) is 18.2. The van der Waals surface area contributed by atoms with Crippen LogP contribution < -0.4 is 23.7 Å². The molecule has 1 aliphatic rings. The van der Waals surface area contributed by atoms with Gasteiger partial charge in [-0.3, -0.25) is 4.79 Å². The van der Waals surface area contributed by atoms with E-state index >= 15 is 0 Å². The first-order valence-electron chi connectivity index (χ1n) is 9.83. The number of hydrogen-bond donors (Lipinski definition) is 0. The molecule has 1 aliphatic heterocycles. The molecule has 7 nitrogen and oxygen atoms in total. The van der Waals surface area contributed by atoms with Gasteiger partial charge in [-0.1, -0.05) is 6.07 Å². The number of likely N-dealkylation sites (tertiary alicyclic amines) is 1. The smallest absolute Gasteiger partial charge is 0.226 e. The summed E-state index contributed by atoms with van der Waals surface area (Å²) < 4.78 is 26.9. The first-order chi connectivity index (χ1) is 14.5. The highest BCUT2D eigenvalue weighted by atomic mass is 16.5. The Morgan fingerprint density at radius 3 is 1.97 bits per heavy atom. The van der Waals surface area contributed by atoms with Crippen molar-refractivity contribution in [1.29, 1.82) is 0 Å². The van der Waals surface area contributed by atoms with E-state index in [-0.39, 0.29) is 11.8 Å². The molecule has 1 unspecified atom stereocenters. The van der Waals surface area contributed by atoms with Crippen LogP contribution in [-0.2, 0) is 17.8 Å². The van der Waals surface area contributed by atoms with Crippen LogP contribution in [0.15, 0.2) is 30.3 Å². The van der Waals surface area contributed by atoms with Crippen molar-refractivity contribution in [3.8, 4) is 28.7 Å². The molecule has 3 rings (SSSR count). The fourth-order valence-electron chi connectivity index (χ4n) is 3.89. The lowest BCUT2D eigenvalue weighted by atomic mass is 9.98. The predicted octanol–water partition coefficient (Wildman–Crippen LogP) is 3.32. The molecule has 0 aromatic heterocycles. The van der Waals surface area contributed by atoms with Crippen molar-refractivity contribution in [2.75, 3.05) is 42.1 Å². The molecule has 0 aliphatic carbocycles. The average Bonchev–Trinajstić information content (AvgIpc) is 3.11. The second-order valence-electron chi connectivity index (χ2n) is 7.17. The largest absolute Gasteiger partial charge is 0.493 e. The van der Waals surface area contributed by atoms with Crippen LogP contribution >= 0.6 is 0 Å². The molecule has 1 amide bonds. The van der Waals surface area contributed by atoms with Gasteiger partial charge in [0, 0.05) is 19.0 Å². The van der Waals surface area contributed by atoms with Gasteiger partial charge in [0.15, 0.2) is 23.0 Å². The van der Waals surface area contributed by atoms with E-state index in [1.165, 1.54) is 0 Å². The van der Waals surface area contributed by atoms with Gasteiger partial charge in [0.05, 0.1) is 35.5 Å². The highest BCUT2D eigenvalue weighted by Crippen LogP contribution is 2.39. The van der Waals surface area contributed by atoms with Crippen LogP contribution in [0, 0.1) is 5.92 Å². The predicted molar refractivity (Wildman–Crippen MR) is 113 cm³/mol. The lowest BCUT2D eigenvalue weighted by Gasteiger charge is -2.19. The Hall–Kier alpha value is -3.09. The van der Waals surface area contributed by atoms with Crippen molar-refractivity contribution >= 4 is 5.91 Å². The number of hydrogen-bond acceptors (Lipinski definition) is 6. The van der Waals surface area contributed by atoms with Crippen molar-refractivity contribution in [3.63, 3.8) is 0 Å². The molecule has 1 fully saturated rings. The minimum Gasteiger partial charge on any atom is -0.493 e. The van der Waals surface area contributed by atoms with E-state index in [0.29, 0.717) is 48.3 Å². The van der Waals surface area contributed by atoms with Crippen molar-refractivity contribution in [2.24, 2.45) is 5.92 Å². The first-order valence-corrected chi connectivity index (χ1v) is 9.83. The second-order valence-corrected chi connectivity index (χ2v) is 7.17. The second kappa shape index (κ2) is 9.61. The van der Waals surface area contributed by atoms with Crippen molar-refractivity contribution in [3.05, 3.63) is 41.5 Å². The molecular formula is C23H29NO6. The van der Waals surface area contributed by atoms with E-state index in [9.17, 15) is 4.79 Å². The summed E-state index contributed by atoms with van der Waals surface area (Å²) in [4.78, 5) is 14.9. The molecule has 162 valence electrons. The summed E-state index contributed by atoms with van der Waals surface area (Å²) in [5.74, 6) is 3.17. The molecule has 1 heterocycles. The number of ether oxygens (including phenoxy) is 5. The Kier molecular flexibility index (Phi) is 6.92. The van der Waals surface area contributed by atoms with Crippen LogP contribution in [-0.4, -0.2) is 52.9 Å². The monoisotopic (exact) mass is 415 g/mol. The molecular weight excluding hydrogens is 386 g/mol. The number of methoxy groups -OCH3 is 5. The summed E-state index contributed by atoms with van der Waals surface area (Å²) in [6.07, 6.45) is 1.49. The van der Waals surface area contributed by atoms with Gasteiger partial charge < -0.3 is 28.6 Å². The summed E-state index contributed by atoms with van der Waals surface area (Å²) in [5.41, 5.74) is 1.99. The van der Waals surface area contributed by atoms with Gasteiger partial charge in [-0.15, -0.1) is 0 Å². The maximum atomic E-state index is 13.0. The molecule has 30 heavy (non-hydrogen) atoms. The van der Waals surface area contributed by atoms with Gasteiger partial charge in [0.25, 0.3) is 0 Å². The van der Waals surface area contributed by atoms with Gasteiger partial charge >= 0.3 is 0 Å². The van der Waals surface area contributed by atoms with Crippen LogP contribution in [0.2, 0.25) is 0 Å². The molecule has 2 aromatic rings. The number of nitrogens with zero attached hydrogens (tertiary/aromatic N) is 1. The SMILES string of the molecule is COc1ccc(CC2CCN(Cc3cc(OC)c(OC)c(OC)c3)C2=O)cc1OC. The summed E-state index contributed by atoms with van der Waals surface area (Å²) in [7, 11) is 7.96. The number of rotatable bonds is 9. The average molecular weight is 415 g/mol. The Balaban J connectivity index is 1.72. The van der Waals surface area contributed by atoms with Crippen molar-refractivity contribution < 1.29 is 28.5 Å². The maximum absolute atomic E-state index is 13.0. The fourth-order valence-corrected chi connectivity index (χ4v) is 3.89. The van der Waals surface area contributed by atoms with E-state index in [1.807, 2.05) is 35.2 Å². The molecule has 0 spiro atoms. The van der Waals surface area contributed by atoms with Crippen molar-refractivity contribution in [1.82, 2.24) is 4.90 Å². The Labute approximate surface area is 177 Å². The summed E-state index contributed by atoms with van der Waals surface area (Å²) in [6.45, 7) is 1.21. The first kappa shape index (κ1) is 21.6. The van der Waals surface area contributed by atoms with Crippen LogP contribution in [0.3, 0.4) is 0 Å². The van der Waals surface area contributed by atoms with E-state index in [0.717, 1.165) is 17.5 Å². The van der Waals surface area contributed by atoms with E-state index in [4.69, 9.17) is 23.7 Å². The normalized spacial score (nSPS) is 15.8. The van der Waals surface area contributed by atoms with E-state index in [2.05, 4.69) is 0 Å². The minimum atomic E-state index is -0.0508. The van der Waals surface area contributed by atoms with Gasteiger partial charge in [0.2, 0.25) is 11.7 Å². The zero-order valence-electron chi connectivity index (χ0n) is 18.2. The zero-order chi connectivity index (χ0) is 21.7. The summed E-state index contributed by atoms with van der Waals surface area (Å²) >= 11 is 0. The third-order valence-corrected chi connectivity index (χ3v) is 5.44. The summed E-state index contributed by atoms with van der Waals surface area (Å²) in [6, 6.07) is 9.57. The Bertz CT molecular complexity index is 872.